The minimum absolute atomic E-state index is 0.00153. The van der Waals surface area contributed by atoms with Crippen molar-refractivity contribution in [3.05, 3.63) is 12.2 Å². The number of esters is 1. The first-order valence-electron chi connectivity index (χ1n) is 28.4. The number of carbonyl (C=O) groups is 2. The molecule has 0 spiro atoms. The predicted octanol–water partition coefficient (Wildman–Crippen LogP) is 17.3. The van der Waals surface area contributed by atoms with E-state index in [1.807, 2.05) is 0 Å². The van der Waals surface area contributed by atoms with E-state index in [1.165, 1.54) is 231 Å². The van der Waals surface area contributed by atoms with Crippen molar-refractivity contribution in [2.75, 3.05) is 13.2 Å². The molecule has 0 radical (unpaired) electrons. The quantitative estimate of drug-likeness (QED) is 0.0321. The fraction of sp³-hybridized carbons (Fsp3) is 0.930. The molecule has 2 unspecified atom stereocenters. The lowest BCUT2D eigenvalue weighted by Gasteiger charge is -2.22. The predicted molar refractivity (Wildman–Crippen MR) is 273 cm³/mol. The lowest BCUT2D eigenvalue weighted by molar-refractivity contribution is -0.143. The summed E-state index contributed by atoms with van der Waals surface area (Å²) in [6.07, 6.45) is 61.9. The molecular formula is C57H111NO5. The molecule has 0 aromatic carbocycles. The molecule has 0 aromatic heterocycles. The van der Waals surface area contributed by atoms with Gasteiger partial charge >= 0.3 is 5.97 Å². The zero-order valence-electron chi connectivity index (χ0n) is 42.6. The number of carbonyl (C=O) groups excluding carboxylic acids is 2. The molecule has 63 heavy (non-hydrogen) atoms. The Morgan fingerprint density at radius 1 is 0.429 bits per heavy atom. The van der Waals surface area contributed by atoms with Crippen molar-refractivity contribution in [2.24, 2.45) is 0 Å². The molecule has 0 aliphatic rings. The molecule has 0 aromatic rings. The molecule has 0 saturated heterocycles. The first kappa shape index (κ1) is 61.6. The zero-order chi connectivity index (χ0) is 45.8. The molecule has 1 amide bonds. The van der Waals surface area contributed by atoms with Gasteiger partial charge in [0.05, 0.1) is 25.4 Å². The largest absolute Gasteiger partial charge is 0.466 e. The minimum Gasteiger partial charge on any atom is -0.466 e. The number of allylic oxidation sites excluding steroid dienone is 2. The molecular weight excluding hydrogens is 779 g/mol. The van der Waals surface area contributed by atoms with E-state index in [0.29, 0.717) is 25.9 Å². The van der Waals surface area contributed by atoms with Crippen molar-refractivity contribution in [2.45, 2.75) is 328 Å². The van der Waals surface area contributed by atoms with E-state index in [9.17, 15) is 19.8 Å². The van der Waals surface area contributed by atoms with Crippen LogP contribution in [0.5, 0.6) is 0 Å². The second kappa shape index (κ2) is 53.2. The second-order valence-corrected chi connectivity index (χ2v) is 19.6. The number of amides is 1. The highest BCUT2D eigenvalue weighted by Crippen LogP contribution is 2.17. The van der Waals surface area contributed by atoms with Crippen molar-refractivity contribution in [3.8, 4) is 0 Å². The molecule has 0 bridgehead atoms. The van der Waals surface area contributed by atoms with Gasteiger partial charge in [-0.1, -0.05) is 264 Å². The molecule has 6 nitrogen and oxygen atoms in total. The van der Waals surface area contributed by atoms with Crippen molar-refractivity contribution < 1.29 is 24.5 Å². The van der Waals surface area contributed by atoms with Gasteiger partial charge in [0.1, 0.15) is 0 Å². The summed E-state index contributed by atoms with van der Waals surface area (Å²) in [6, 6.07) is -0.549. The number of rotatable bonds is 53. The van der Waals surface area contributed by atoms with Crippen LogP contribution in [0.1, 0.15) is 316 Å². The summed E-state index contributed by atoms with van der Waals surface area (Å²) >= 11 is 0. The third kappa shape index (κ3) is 49.9. The molecule has 0 rings (SSSR count). The van der Waals surface area contributed by atoms with Crippen molar-refractivity contribution in [1.82, 2.24) is 5.32 Å². The van der Waals surface area contributed by atoms with Gasteiger partial charge in [-0.15, -0.1) is 0 Å². The first-order valence-corrected chi connectivity index (χ1v) is 28.4. The van der Waals surface area contributed by atoms with Crippen LogP contribution in [0.3, 0.4) is 0 Å². The SMILES string of the molecule is CCCCCCCCCCCCCCCCCC(=O)OCCCCCCCC/C=C\CCCCCCCCCC(=O)NC(CO)C(O)CCCCCCCCCCCCCCCC. The number of unbranched alkanes of at least 4 members (excludes halogenated alkanes) is 40. The summed E-state index contributed by atoms with van der Waals surface area (Å²) in [7, 11) is 0. The van der Waals surface area contributed by atoms with Crippen LogP contribution in [0, 0.1) is 0 Å². The second-order valence-electron chi connectivity index (χ2n) is 19.6. The molecule has 0 saturated carbocycles. The third-order valence-electron chi connectivity index (χ3n) is 13.3. The summed E-state index contributed by atoms with van der Waals surface area (Å²) in [5.74, 6) is -0.0440. The number of ether oxygens (including phenoxy) is 1. The summed E-state index contributed by atoms with van der Waals surface area (Å²) in [5.41, 5.74) is 0. The molecule has 0 aliphatic carbocycles. The maximum atomic E-state index is 12.5. The Morgan fingerprint density at radius 3 is 1.13 bits per heavy atom. The average Bonchev–Trinajstić information content (AvgIpc) is 3.28. The molecule has 0 fully saturated rings. The smallest absolute Gasteiger partial charge is 0.305 e. The van der Waals surface area contributed by atoms with Crippen molar-refractivity contribution in [1.29, 1.82) is 0 Å². The highest BCUT2D eigenvalue weighted by molar-refractivity contribution is 5.76. The topological polar surface area (TPSA) is 95.9 Å². The van der Waals surface area contributed by atoms with E-state index >= 15 is 0 Å². The molecule has 374 valence electrons. The highest BCUT2D eigenvalue weighted by atomic mass is 16.5. The fourth-order valence-corrected chi connectivity index (χ4v) is 8.93. The van der Waals surface area contributed by atoms with Crippen LogP contribution >= 0.6 is 0 Å². The summed E-state index contributed by atoms with van der Waals surface area (Å²) in [5, 5.41) is 23.2. The zero-order valence-corrected chi connectivity index (χ0v) is 42.6. The summed E-state index contributed by atoms with van der Waals surface area (Å²) in [6.45, 7) is 4.95. The average molecular weight is 891 g/mol. The van der Waals surface area contributed by atoms with Crippen LogP contribution in [0.4, 0.5) is 0 Å². The summed E-state index contributed by atoms with van der Waals surface area (Å²) in [4.78, 5) is 24.5. The normalized spacial score (nSPS) is 12.6. The lowest BCUT2D eigenvalue weighted by atomic mass is 10.0. The molecule has 6 heteroatoms. The van der Waals surface area contributed by atoms with Crippen LogP contribution in [-0.4, -0.2) is 47.4 Å². The molecule has 0 aliphatic heterocycles. The van der Waals surface area contributed by atoms with Crippen molar-refractivity contribution >= 4 is 11.9 Å². The summed E-state index contributed by atoms with van der Waals surface area (Å²) < 4.78 is 5.47. The Balaban J connectivity index is 3.43. The van der Waals surface area contributed by atoms with Crippen LogP contribution in [0.25, 0.3) is 0 Å². The van der Waals surface area contributed by atoms with E-state index < -0.39 is 12.1 Å². The van der Waals surface area contributed by atoms with Crippen molar-refractivity contribution in [3.63, 3.8) is 0 Å². The third-order valence-corrected chi connectivity index (χ3v) is 13.3. The number of hydrogen-bond donors (Lipinski definition) is 3. The van der Waals surface area contributed by atoms with Crippen LogP contribution in [-0.2, 0) is 14.3 Å². The monoisotopic (exact) mass is 890 g/mol. The Labute approximate surface area is 393 Å². The van der Waals surface area contributed by atoms with Crippen LogP contribution in [0.15, 0.2) is 12.2 Å². The Kier molecular flexibility index (Phi) is 52.0. The molecule has 3 N–H and O–H groups in total. The van der Waals surface area contributed by atoms with E-state index in [0.717, 1.165) is 51.4 Å². The van der Waals surface area contributed by atoms with Gasteiger partial charge in [0, 0.05) is 12.8 Å². The molecule has 2 atom stereocenters. The van der Waals surface area contributed by atoms with Gasteiger partial charge in [0.2, 0.25) is 5.91 Å². The maximum Gasteiger partial charge on any atom is 0.305 e. The highest BCUT2D eigenvalue weighted by Gasteiger charge is 2.20. The van der Waals surface area contributed by atoms with Gasteiger partial charge in [-0.05, 0) is 51.4 Å². The lowest BCUT2D eigenvalue weighted by Crippen LogP contribution is -2.45. The van der Waals surface area contributed by atoms with Gasteiger partial charge in [-0.2, -0.15) is 0 Å². The van der Waals surface area contributed by atoms with Crippen LogP contribution < -0.4 is 5.32 Å². The number of hydrogen-bond acceptors (Lipinski definition) is 5. The number of aliphatic hydroxyl groups excluding tert-OH is 2. The number of aliphatic hydroxyl groups is 2. The fourth-order valence-electron chi connectivity index (χ4n) is 8.93. The van der Waals surface area contributed by atoms with Gasteiger partial charge in [-0.25, -0.2) is 0 Å². The Morgan fingerprint density at radius 2 is 0.746 bits per heavy atom. The van der Waals surface area contributed by atoms with Gasteiger partial charge < -0.3 is 20.3 Å². The van der Waals surface area contributed by atoms with Gasteiger partial charge in [0.15, 0.2) is 0 Å². The molecule has 0 heterocycles. The van der Waals surface area contributed by atoms with E-state index in [-0.39, 0.29) is 18.5 Å². The first-order chi connectivity index (χ1) is 31.0. The van der Waals surface area contributed by atoms with E-state index in [2.05, 4.69) is 31.3 Å². The van der Waals surface area contributed by atoms with Gasteiger partial charge in [-0.3, -0.25) is 9.59 Å². The van der Waals surface area contributed by atoms with Gasteiger partial charge in [0.25, 0.3) is 0 Å². The van der Waals surface area contributed by atoms with E-state index in [4.69, 9.17) is 4.74 Å². The standard InChI is InChI=1S/C57H111NO5/c1-3-5-7-9-11-13-15-17-22-27-31-35-39-43-47-51-57(62)63-52-48-44-40-36-32-28-24-21-19-20-23-26-30-34-38-42-46-50-56(61)58-54(53-59)55(60)49-45-41-37-33-29-25-18-16-14-12-10-8-6-4-2/h19,21,54-55,59-60H,3-18,20,22-53H2,1-2H3,(H,58,61)/b21-19-. The minimum atomic E-state index is -0.670. The maximum absolute atomic E-state index is 12.5. The number of nitrogens with one attached hydrogen (secondary N) is 1. The van der Waals surface area contributed by atoms with Crippen LogP contribution in [0.2, 0.25) is 0 Å². The van der Waals surface area contributed by atoms with E-state index in [1.54, 1.807) is 0 Å². The Hall–Kier alpha value is -1.40. The Bertz CT molecular complexity index is 939.